The molecule has 1 amide bonds. The third kappa shape index (κ3) is 3.85. The number of nitrogens with one attached hydrogen (secondary N) is 2. The number of rotatable bonds is 3. The predicted octanol–water partition coefficient (Wildman–Crippen LogP) is 2.94. The molecular weight excluding hydrogens is 283 g/mol. The molecule has 2 rings (SSSR count). The van der Waals surface area contributed by atoms with E-state index >= 15 is 0 Å². The molecule has 1 aromatic carbocycles. The summed E-state index contributed by atoms with van der Waals surface area (Å²) in [6, 6.07) is 7.59. The van der Waals surface area contributed by atoms with E-state index in [1.165, 1.54) is 0 Å². The lowest BCUT2D eigenvalue weighted by molar-refractivity contribution is -0.129. The zero-order valence-corrected chi connectivity index (χ0v) is 12.8. The van der Waals surface area contributed by atoms with Crippen LogP contribution < -0.4 is 10.6 Å². The molecule has 1 aliphatic heterocycles. The largest absolute Gasteiger partial charge is 0.349 e. The lowest BCUT2D eigenvalue weighted by Crippen LogP contribution is -2.41. The van der Waals surface area contributed by atoms with E-state index in [9.17, 15) is 4.79 Å². The fourth-order valence-electron chi connectivity index (χ4n) is 2.24. The van der Waals surface area contributed by atoms with Crippen molar-refractivity contribution >= 4 is 29.9 Å². The molecule has 2 N–H and O–H groups in total. The topological polar surface area (TPSA) is 41.1 Å². The minimum Gasteiger partial charge on any atom is -0.349 e. The normalized spacial score (nSPS) is 23.5. The number of amides is 1. The molecule has 1 unspecified atom stereocenters. The first-order valence-electron chi connectivity index (χ1n) is 6.28. The van der Waals surface area contributed by atoms with Crippen LogP contribution in [0.3, 0.4) is 0 Å². The molecule has 19 heavy (non-hydrogen) atoms. The van der Waals surface area contributed by atoms with Gasteiger partial charge in [0, 0.05) is 11.6 Å². The average Bonchev–Trinajstić information content (AvgIpc) is 2.77. The van der Waals surface area contributed by atoms with Gasteiger partial charge in [0.1, 0.15) is 0 Å². The molecule has 1 heterocycles. The molecule has 5 heteroatoms. The van der Waals surface area contributed by atoms with Gasteiger partial charge in [0.15, 0.2) is 0 Å². The number of benzene rings is 1. The quantitative estimate of drug-likeness (QED) is 0.901. The van der Waals surface area contributed by atoms with E-state index in [1.54, 1.807) is 0 Å². The van der Waals surface area contributed by atoms with Gasteiger partial charge in [-0.1, -0.05) is 23.7 Å². The minimum atomic E-state index is -0.285. The molecule has 1 fully saturated rings. The molecule has 3 nitrogen and oxygen atoms in total. The Morgan fingerprint density at radius 1 is 1.53 bits per heavy atom. The van der Waals surface area contributed by atoms with Crippen LogP contribution in [0, 0.1) is 5.41 Å². The zero-order valence-electron chi connectivity index (χ0n) is 11.2. The molecule has 0 radical (unpaired) electrons. The van der Waals surface area contributed by atoms with Gasteiger partial charge in [-0.2, -0.15) is 0 Å². The van der Waals surface area contributed by atoms with Gasteiger partial charge in [-0.15, -0.1) is 12.4 Å². The second-order valence-electron chi connectivity index (χ2n) is 5.24. The van der Waals surface area contributed by atoms with Gasteiger partial charge >= 0.3 is 0 Å². The van der Waals surface area contributed by atoms with Crippen molar-refractivity contribution in [1.82, 2.24) is 10.6 Å². The van der Waals surface area contributed by atoms with Crippen LogP contribution in [-0.2, 0) is 4.79 Å². The monoisotopic (exact) mass is 302 g/mol. The Balaban J connectivity index is 0.00000180. The van der Waals surface area contributed by atoms with Gasteiger partial charge in [0.05, 0.1) is 11.5 Å². The van der Waals surface area contributed by atoms with Crippen molar-refractivity contribution in [2.75, 3.05) is 13.1 Å². The predicted molar refractivity (Wildman–Crippen MR) is 80.9 cm³/mol. The van der Waals surface area contributed by atoms with E-state index in [1.807, 2.05) is 38.1 Å². The summed E-state index contributed by atoms with van der Waals surface area (Å²) in [6.07, 6.45) is 0.890. The molecule has 106 valence electrons. The highest BCUT2D eigenvalue weighted by Gasteiger charge is 2.36. The second-order valence-corrected chi connectivity index (χ2v) is 5.67. The molecule has 1 saturated heterocycles. The van der Waals surface area contributed by atoms with E-state index in [0.29, 0.717) is 5.02 Å². The van der Waals surface area contributed by atoms with Crippen molar-refractivity contribution < 1.29 is 4.79 Å². The molecule has 1 aliphatic rings. The SMILES string of the molecule is C[C@@H](NC(=O)C1(C)CCNC1)c1cccc(Cl)c1.Cl. The van der Waals surface area contributed by atoms with Crippen LogP contribution in [0.4, 0.5) is 0 Å². The Hall–Kier alpha value is -0.770. The summed E-state index contributed by atoms with van der Waals surface area (Å²) >= 11 is 5.96. The average molecular weight is 303 g/mol. The second kappa shape index (κ2) is 6.60. The first-order chi connectivity index (χ1) is 8.51. The van der Waals surface area contributed by atoms with Crippen molar-refractivity contribution in [3.8, 4) is 0 Å². The van der Waals surface area contributed by atoms with Gasteiger partial charge in [0.25, 0.3) is 0 Å². The molecular formula is C14H20Cl2N2O. The maximum Gasteiger partial charge on any atom is 0.227 e. The summed E-state index contributed by atoms with van der Waals surface area (Å²) < 4.78 is 0. The highest BCUT2D eigenvalue weighted by atomic mass is 35.5. The van der Waals surface area contributed by atoms with Gasteiger partial charge in [0.2, 0.25) is 5.91 Å². The van der Waals surface area contributed by atoms with Gasteiger partial charge in [-0.05, 0) is 44.5 Å². The van der Waals surface area contributed by atoms with Gasteiger partial charge in [-0.25, -0.2) is 0 Å². The van der Waals surface area contributed by atoms with E-state index in [2.05, 4.69) is 10.6 Å². The summed E-state index contributed by atoms with van der Waals surface area (Å²) in [6.45, 7) is 5.65. The first-order valence-corrected chi connectivity index (χ1v) is 6.66. The summed E-state index contributed by atoms with van der Waals surface area (Å²) in [7, 11) is 0. The number of carbonyl (C=O) groups is 1. The van der Waals surface area contributed by atoms with Crippen molar-refractivity contribution in [2.45, 2.75) is 26.3 Å². The number of hydrogen-bond donors (Lipinski definition) is 2. The Kier molecular flexibility index (Phi) is 5.65. The Morgan fingerprint density at radius 2 is 2.26 bits per heavy atom. The lowest BCUT2D eigenvalue weighted by Gasteiger charge is -2.24. The third-order valence-electron chi connectivity index (χ3n) is 3.61. The van der Waals surface area contributed by atoms with Crippen LogP contribution in [0.1, 0.15) is 31.9 Å². The van der Waals surface area contributed by atoms with E-state index in [4.69, 9.17) is 11.6 Å². The highest BCUT2D eigenvalue weighted by Crippen LogP contribution is 2.26. The molecule has 2 atom stereocenters. The number of carbonyl (C=O) groups excluding carboxylic acids is 1. The fraction of sp³-hybridized carbons (Fsp3) is 0.500. The maximum absolute atomic E-state index is 12.3. The Labute approximate surface area is 125 Å². The van der Waals surface area contributed by atoms with Crippen molar-refractivity contribution in [1.29, 1.82) is 0 Å². The van der Waals surface area contributed by atoms with E-state index in [-0.39, 0.29) is 29.8 Å². The summed E-state index contributed by atoms with van der Waals surface area (Å²) in [5.41, 5.74) is 0.748. The molecule has 0 saturated carbocycles. The third-order valence-corrected chi connectivity index (χ3v) is 3.85. The number of hydrogen-bond acceptors (Lipinski definition) is 2. The maximum atomic E-state index is 12.3. The number of halogens is 2. The molecule has 0 bridgehead atoms. The van der Waals surface area contributed by atoms with Crippen molar-refractivity contribution in [3.05, 3.63) is 34.9 Å². The van der Waals surface area contributed by atoms with Gasteiger partial charge < -0.3 is 10.6 Å². The Bertz CT molecular complexity index is 445. The highest BCUT2D eigenvalue weighted by molar-refractivity contribution is 6.30. The molecule has 0 aromatic heterocycles. The van der Waals surface area contributed by atoms with Crippen molar-refractivity contribution in [2.24, 2.45) is 5.41 Å². The molecule has 0 spiro atoms. The summed E-state index contributed by atoms with van der Waals surface area (Å²) in [5.74, 6) is 0.111. The smallest absolute Gasteiger partial charge is 0.227 e. The Morgan fingerprint density at radius 3 is 2.84 bits per heavy atom. The van der Waals surface area contributed by atoms with E-state index in [0.717, 1.165) is 25.1 Å². The fourth-order valence-corrected chi connectivity index (χ4v) is 2.44. The van der Waals surface area contributed by atoms with Crippen LogP contribution in [0.5, 0.6) is 0 Å². The van der Waals surface area contributed by atoms with Crippen LogP contribution in [0.2, 0.25) is 5.02 Å². The van der Waals surface area contributed by atoms with Crippen LogP contribution in [0.15, 0.2) is 24.3 Å². The first kappa shape index (κ1) is 16.3. The summed E-state index contributed by atoms with van der Waals surface area (Å²) in [5, 5.41) is 7.00. The van der Waals surface area contributed by atoms with Crippen LogP contribution in [0.25, 0.3) is 0 Å². The molecule has 1 aromatic rings. The standard InChI is InChI=1S/C14H19ClN2O.ClH/c1-10(11-4-3-5-12(15)8-11)17-13(18)14(2)6-7-16-9-14;/h3-5,8,10,16H,6-7,9H2,1-2H3,(H,17,18);1H/t10-,14?;/m1./s1. The van der Waals surface area contributed by atoms with Crippen LogP contribution >= 0.6 is 24.0 Å². The van der Waals surface area contributed by atoms with Crippen molar-refractivity contribution in [3.63, 3.8) is 0 Å². The molecule has 0 aliphatic carbocycles. The van der Waals surface area contributed by atoms with Crippen LogP contribution in [-0.4, -0.2) is 19.0 Å². The summed E-state index contributed by atoms with van der Waals surface area (Å²) in [4.78, 5) is 12.3. The lowest BCUT2D eigenvalue weighted by atomic mass is 9.88. The van der Waals surface area contributed by atoms with E-state index < -0.39 is 0 Å². The van der Waals surface area contributed by atoms with Gasteiger partial charge in [-0.3, -0.25) is 4.79 Å². The minimum absolute atomic E-state index is 0. The zero-order chi connectivity index (χ0) is 13.2.